The number of Topliss-reactive ketones (excluding diaryl/α,β-unsaturated/α-hetero) is 1. The fraction of sp³-hybridized carbons (Fsp3) is 0.308. The van der Waals surface area contributed by atoms with E-state index in [4.69, 9.17) is 0 Å². The third kappa shape index (κ3) is 2.41. The van der Waals surface area contributed by atoms with Gasteiger partial charge in [0.25, 0.3) is 0 Å². The predicted octanol–water partition coefficient (Wildman–Crippen LogP) is 1.81. The Balaban J connectivity index is 2.28. The first-order valence-electron chi connectivity index (χ1n) is 5.51. The maximum Gasteiger partial charge on any atom is 0.234 e. The second-order valence-electron chi connectivity index (χ2n) is 4.22. The van der Waals surface area contributed by atoms with Crippen LogP contribution in [0.1, 0.15) is 25.3 Å². The lowest BCUT2D eigenvalue weighted by Gasteiger charge is -2.26. The van der Waals surface area contributed by atoms with Crippen molar-refractivity contribution in [3.05, 3.63) is 30.6 Å². The van der Waals surface area contributed by atoms with E-state index in [0.717, 1.165) is 16.8 Å². The summed E-state index contributed by atoms with van der Waals surface area (Å²) in [7, 11) is 0. The average Bonchev–Trinajstić information content (AvgIpc) is 2.29. The fourth-order valence-electron chi connectivity index (χ4n) is 1.80. The monoisotopic (exact) mass is 230 g/mol. The van der Waals surface area contributed by atoms with Gasteiger partial charge in [-0.3, -0.25) is 14.6 Å². The third-order valence-corrected chi connectivity index (χ3v) is 2.79. The number of carbonyl (C=O) groups excluding carboxylic acids is 2. The molecule has 4 nitrogen and oxygen atoms in total. The summed E-state index contributed by atoms with van der Waals surface area (Å²) in [5.74, 6) is -0.141. The largest absolute Gasteiger partial charge is 0.310 e. The summed E-state index contributed by atoms with van der Waals surface area (Å²) < 4.78 is 0. The van der Waals surface area contributed by atoms with Gasteiger partial charge in [0, 0.05) is 19.2 Å². The van der Waals surface area contributed by atoms with Crippen LogP contribution in [-0.4, -0.2) is 23.2 Å². The Labute approximate surface area is 100.0 Å². The minimum Gasteiger partial charge on any atom is -0.310 e. The summed E-state index contributed by atoms with van der Waals surface area (Å²) in [6.07, 6.45) is 3.77. The maximum absolute atomic E-state index is 11.7. The fourth-order valence-corrected chi connectivity index (χ4v) is 1.80. The van der Waals surface area contributed by atoms with Crippen molar-refractivity contribution in [2.75, 3.05) is 11.4 Å². The van der Waals surface area contributed by atoms with E-state index in [1.165, 1.54) is 0 Å². The molecule has 17 heavy (non-hydrogen) atoms. The molecule has 1 aliphatic heterocycles. The molecule has 0 atom stereocenters. The lowest BCUT2D eigenvalue weighted by molar-refractivity contribution is -0.128. The molecule has 0 bridgehead atoms. The molecule has 1 aromatic rings. The second-order valence-corrected chi connectivity index (χ2v) is 4.22. The van der Waals surface area contributed by atoms with E-state index < -0.39 is 0 Å². The maximum atomic E-state index is 11.7. The summed E-state index contributed by atoms with van der Waals surface area (Å²) in [6.45, 7) is 6.18. The molecule has 2 rings (SSSR count). The topological polar surface area (TPSA) is 50.3 Å². The van der Waals surface area contributed by atoms with Gasteiger partial charge in [-0.2, -0.15) is 0 Å². The molecule has 2 heterocycles. The molecule has 1 amide bonds. The molecular weight excluding hydrogens is 216 g/mol. The Hall–Kier alpha value is -1.97. The number of nitrogens with zero attached hydrogens (tertiary/aromatic N) is 2. The Morgan fingerprint density at radius 3 is 2.82 bits per heavy atom. The standard InChI is InChI=1S/C13H14N2O2/c1-9(2)10-5-11(8-14-7-10)15-4-3-12(16)6-13(15)17/h5,7-8H,1,3-4,6H2,2H3. The van der Waals surface area contributed by atoms with Crippen LogP contribution in [0, 0.1) is 0 Å². The second kappa shape index (κ2) is 4.49. The van der Waals surface area contributed by atoms with Gasteiger partial charge in [-0.1, -0.05) is 6.58 Å². The molecule has 4 heteroatoms. The van der Waals surface area contributed by atoms with Crippen molar-refractivity contribution in [3.63, 3.8) is 0 Å². The van der Waals surface area contributed by atoms with Gasteiger partial charge in [0.05, 0.1) is 18.3 Å². The molecule has 0 N–H and O–H groups in total. The molecule has 0 aromatic carbocycles. The molecule has 1 aromatic heterocycles. The number of hydrogen-bond acceptors (Lipinski definition) is 3. The SMILES string of the molecule is C=C(C)c1cncc(N2CCC(=O)CC2=O)c1. The van der Waals surface area contributed by atoms with E-state index in [1.807, 2.05) is 13.0 Å². The first-order chi connectivity index (χ1) is 8.08. The highest BCUT2D eigenvalue weighted by Gasteiger charge is 2.25. The van der Waals surface area contributed by atoms with Crippen molar-refractivity contribution < 1.29 is 9.59 Å². The van der Waals surface area contributed by atoms with E-state index in [-0.39, 0.29) is 18.1 Å². The van der Waals surface area contributed by atoms with Gasteiger partial charge in [0.1, 0.15) is 5.78 Å². The van der Waals surface area contributed by atoms with Gasteiger partial charge in [-0.05, 0) is 24.1 Å². The van der Waals surface area contributed by atoms with Gasteiger partial charge in [0.2, 0.25) is 5.91 Å². The Bertz CT molecular complexity index is 494. The molecule has 0 unspecified atom stereocenters. The summed E-state index contributed by atoms with van der Waals surface area (Å²) in [5, 5.41) is 0. The zero-order chi connectivity index (χ0) is 12.4. The first kappa shape index (κ1) is 11.5. The lowest BCUT2D eigenvalue weighted by Crippen LogP contribution is -2.39. The highest BCUT2D eigenvalue weighted by Crippen LogP contribution is 2.22. The molecule has 0 radical (unpaired) electrons. The van der Waals surface area contributed by atoms with Crippen LogP contribution in [0.4, 0.5) is 5.69 Å². The molecule has 1 fully saturated rings. The number of hydrogen-bond donors (Lipinski definition) is 0. The van der Waals surface area contributed by atoms with Crippen molar-refractivity contribution in [2.24, 2.45) is 0 Å². The van der Waals surface area contributed by atoms with Crippen LogP contribution in [0.3, 0.4) is 0 Å². The number of carbonyl (C=O) groups is 2. The van der Waals surface area contributed by atoms with Crippen molar-refractivity contribution >= 4 is 23.0 Å². The van der Waals surface area contributed by atoms with Crippen LogP contribution in [0.2, 0.25) is 0 Å². The van der Waals surface area contributed by atoms with Crippen LogP contribution >= 0.6 is 0 Å². The van der Waals surface area contributed by atoms with E-state index in [0.29, 0.717) is 13.0 Å². The molecule has 0 aliphatic carbocycles. The number of rotatable bonds is 2. The van der Waals surface area contributed by atoms with Gasteiger partial charge in [0.15, 0.2) is 0 Å². The number of pyridine rings is 1. The highest BCUT2D eigenvalue weighted by molar-refractivity contribution is 6.08. The summed E-state index contributed by atoms with van der Waals surface area (Å²) in [6, 6.07) is 1.88. The Morgan fingerprint density at radius 1 is 1.41 bits per heavy atom. The van der Waals surface area contributed by atoms with Gasteiger partial charge >= 0.3 is 0 Å². The normalized spacial score (nSPS) is 16.2. The Kier molecular flexibility index (Phi) is 3.04. The minimum absolute atomic E-state index is 0.00268. The van der Waals surface area contributed by atoms with Gasteiger partial charge < -0.3 is 4.90 Å². The summed E-state index contributed by atoms with van der Waals surface area (Å²) in [4.78, 5) is 28.6. The van der Waals surface area contributed by atoms with Crippen molar-refractivity contribution in [1.82, 2.24) is 4.98 Å². The van der Waals surface area contributed by atoms with E-state index in [9.17, 15) is 9.59 Å². The van der Waals surface area contributed by atoms with Gasteiger partial charge in [-0.15, -0.1) is 0 Å². The smallest absolute Gasteiger partial charge is 0.234 e. The quantitative estimate of drug-likeness (QED) is 0.728. The van der Waals surface area contributed by atoms with Crippen molar-refractivity contribution in [2.45, 2.75) is 19.8 Å². The molecule has 88 valence electrons. The Morgan fingerprint density at radius 2 is 2.18 bits per heavy atom. The molecular formula is C13H14N2O2. The number of ketones is 1. The molecule has 1 saturated heterocycles. The van der Waals surface area contributed by atoms with Crippen molar-refractivity contribution in [3.8, 4) is 0 Å². The summed E-state index contributed by atoms with van der Waals surface area (Å²) >= 11 is 0. The predicted molar refractivity (Wildman–Crippen MR) is 65.5 cm³/mol. The molecule has 1 aliphatic rings. The van der Waals surface area contributed by atoms with E-state index in [1.54, 1.807) is 17.3 Å². The lowest BCUT2D eigenvalue weighted by atomic mass is 10.1. The number of anilines is 1. The zero-order valence-electron chi connectivity index (χ0n) is 9.77. The third-order valence-electron chi connectivity index (χ3n) is 2.79. The summed E-state index contributed by atoms with van der Waals surface area (Å²) in [5.41, 5.74) is 2.55. The van der Waals surface area contributed by atoms with Crippen LogP contribution < -0.4 is 4.90 Å². The number of piperidine rings is 1. The van der Waals surface area contributed by atoms with Crippen LogP contribution in [-0.2, 0) is 9.59 Å². The first-order valence-corrected chi connectivity index (χ1v) is 5.51. The van der Waals surface area contributed by atoms with E-state index >= 15 is 0 Å². The van der Waals surface area contributed by atoms with Crippen molar-refractivity contribution in [1.29, 1.82) is 0 Å². The van der Waals surface area contributed by atoms with Crippen LogP contribution in [0.5, 0.6) is 0 Å². The van der Waals surface area contributed by atoms with Crippen LogP contribution in [0.15, 0.2) is 25.0 Å². The minimum atomic E-state index is -0.151. The zero-order valence-corrected chi connectivity index (χ0v) is 9.77. The number of amides is 1. The number of aromatic nitrogens is 1. The molecule has 0 spiro atoms. The van der Waals surface area contributed by atoms with E-state index in [2.05, 4.69) is 11.6 Å². The van der Waals surface area contributed by atoms with Crippen LogP contribution in [0.25, 0.3) is 5.57 Å². The highest BCUT2D eigenvalue weighted by atomic mass is 16.2. The number of allylic oxidation sites excluding steroid dienone is 1. The molecule has 0 saturated carbocycles. The van der Waals surface area contributed by atoms with Gasteiger partial charge in [-0.25, -0.2) is 0 Å². The average molecular weight is 230 g/mol.